The molecule has 0 aliphatic rings. The van der Waals surface area contributed by atoms with Gasteiger partial charge in [-0.3, -0.25) is 0 Å². The standard InChI is InChI=1S/C18H29NO3/c1-13(2)11-16(20)15(12-14-9-7-6-8-10-14)19-17(21)22-18(3,4)5/h6-10,13,15-16,20H,11-12H2,1-5H3,(H,19,21)/t15-,16+/m0/s1. The maximum absolute atomic E-state index is 12.0. The fraction of sp³-hybridized carbons (Fsp3) is 0.611. The summed E-state index contributed by atoms with van der Waals surface area (Å²) in [7, 11) is 0. The van der Waals surface area contributed by atoms with Gasteiger partial charge in [-0.25, -0.2) is 4.79 Å². The molecule has 0 unspecified atom stereocenters. The largest absolute Gasteiger partial charge is 0.444 e. The smallest absolute Gasteiger partial charge is 0.407 e. The van der Waals surface area contributed by atoms with Crippen LogP contribution in [-0.2, 0) is 11.2 Å². The highest BCUT2D eigenvalue weighted by molar-refractivity contribution is 5.68. The molecule has 4 heteroatoms. The molecule has 0 spiro atoms. The Morgan fingerprint density at radius 2 is 1.82 bits per heavy atom. The predicted octanol–water partition coefficient (Wildman–Crippen LogP) is 3.53. The van der Waals surface area contributed by atoms with Crippen LogP contribution in [0.15, 0.2) is 30.3 Å². The fourth-order valence-corrected chi connectivity index (χ4v) is 2.26. The molecule has 0 bridgehead atoms. The summed E-state index contributed by atoms with van der Waals surface area (Å²) in [6, 6.07) is 9.48. The molecule has 0 aromatic heterocycles. The average Bonchev–Trinajstić information content (AvgIpc) is 2.36. The Morgan fingerprint density at radius 3 is 2.32 bits per heavy atom. The van der Waals surface area contributed by atoms with Crippen molar-refractivity contribution in [3.63, 3.8) is 0 Å². The molecule has 0 aliphatic heterocycles. The highest BCUT2D eigenvalue weighted by Gasteiger charge is 2.25. The van der Waals surface area contributed by atoms with E-state index in [1.165, 1.54) is 0 Å². The maximum Gasteiger partial charge on any atom is 0.407 e. The molecule has 1 rings (SSSR count). The molecule has 124 valence electrons. The van der Waals surface area contributed by atoms with Gasteiger partial charge in [-0.2, -0.15) is 0 Å². The summed E-state index contributed by atoms with van der Waals surface area (Å²) in [5, 5.41) is 13.2. The third-order valence-corrected chi connectivity index (χ3v) is 3.18. The SMILES string of the molecule is CC(C)C[C@@H](O)[C@H](Cc1ccccc1)NC(=O)OC(C)(C)C. The number of hydrogen-bond acceptors (Lipinski definition) is 3. The second-order valence-electron chi connectivity index (χ2n) is 7.14. The van der Waals surface area contributed by atoms with Gasteiger partial charge >= 0.3 is 6.09 Å². The van der Waals surface area contributed by atoms with Crippen LogP contribution >= 0.6 is 0 Å². The van der Waals surface area contributed by atoms with Crippen LogP contribution in [0.3, 0.4) is 0 Å². The van der Waals surface area contributed by atoms with Gasteiger partial charge in [0.15, 0.2) is 0 Å². The predicted molar refractivity (Wildman–Crippen MR) is 88.8 cm³/mol. The maximum atomic E-state index is 12.0. The van der Waals surface area contributed by atoms with E-state index in [-0.39, 0.29) is 6.04 Å². The van der Waals surface area contributed by atoms with E-state index in [1.807, 2.05) is 51.1 Å². The number of nitrogens with one attached hydrogen (secondary N) is 1. The van der Waals surface area contributed by atoms with E-state index in [9.17, 15) is 9.90 Å². The zero-order chi connectivity index (χ0) is 16.8. The molecule has 22 heavy (non-hydrogen) atoms. The van der Waals surface area contributed by atoms with Crippen molar-refractivity contribution in [2.45, 2.75) is 65.2 Å². The third-order valence-electron chi connectivity index (χ3n) is 3.18. The zero-order valence-corrected chi connectivity index (χ0v) is 14.3. The van der Waals surface area contributed by atoms with Gasteiger partial charge < -0.3 is 15.2 Å². The topological polar surface area (TPSA) is 58.6 Å². The summed E-state index contributed by atoms with van der Waals surface area (Å²) in [5.41, 5.74) is 0.524. The molecule has 0 radical (unpaired) electrons. The normalized spacial score (nSPS) is 14.5. The van der Waals surface area contributed by atoms with Crippen molar-refractivity contribution in [1.82, 2.24) is 5.32 Å². The number of carbonyl (C=O) groups excluding carboxylic acids is 1. The van der Waals surface area contributed by atoms with Crippen molar-refractivity contribution in [2.24, 2.45) is 5.92 Å². The Kier molecular flexibility index (Phi) is 6.88. The van der Waals surface area contributed by atoms with Gasteiger partial charge in [0, 0.05) is 0 Å². The number of rotatable bonds is 6. The van der Waals surface area contributed by atoms with Crippen LogP contribution in [0, 0.1) is 5.92 Å². The number of amides is 1. The number of ether oxygens (including phenoxy) is 1. The van der Waals surface area contributed by atoms with Crippen LogP contribution in [0.4, 0.5) is 4.79 Å². The second-order valence-corrected chi connectivity index (χ2v) is 7.14. The summed E-state index contributed by atoms with van der Waals surface area (Å²) < 4.78 is 5.30. The lowest BCUT2D eigenvalue weighted by Gasteiger charge is -2.27. The Bertz CT molecular complexity index is 451. The summed E-state index contributed by atoms with van der Waals surface area (Å²) in [4.78, 5) is 12.0. The highest BCUT2D eigenvalue weighted by Crippen LogP contribution is 2.14. The number of benzene rings is 1. The van der Waals surface area contributed by atoms with E-state index >= 15 is 0 Å². The monoisotopic (exact) mass is 307 g/mol. The number of carbonyl (C=O) groups is 1. The number of alkyl carbamates (subject to hydrolysis) is 1. The Balaban J connectivity index is 2.75. The van der Waals surface area contributed by atoms with Gasteiger partial charge in [0.05, 0.1) is 12.1 Å². The molecule has 2 atom stereocenters. The van der Waals surface area contributed by atoms with Crippen LogP contribution in [0.5, 0.6) is 0 Å². The van der Waals surface area contributed by atoms with Gasteiger partial charge in [-0.15, -0.1) is 0 Å². The summed E-state index contributed by atoms with van der Waals surface area (Å²) in [6.07, 6.45) is 0.116. The van der Waals surface area contributed by atoms with Gasteiger partial charge in [0.25, 0.3) is 0 Å². The van der Waals surface area contributed by atoms with Crippen LogP contribution in [0.2, 0.25) is 0 Å². The molecule has 4 nitrogen and oxygen atoms in total. The highest BCUT2D eigenvalue weighted by atomic mass is 16.6. The van der Waals surface area contributed by atoms with Crippen LogP contribution in [-0.4, -0.2) is 28.9 Å². The second kappa shape index (κ2) is 8.18. The zero-order valence-electron chi connectivity index (χ0n) is 14.3. The van der Waals surface area contributed by atoms with Crippen LogP contribution in [0.1, 0.15) is 46.6 Å². The fourth-order valence-electron chi connectivity index (χ4n) is 2.26. The molecular weight excluding hydrogens is 278 g/mol. The first kappa shape index (κ1) is 18.5. The van der Waals surface area contributed by atoms with E-state index in [2.05, 4.69) is 19.2 Å². The first-order valence-electron chi connectivity index (χ1n) is 7.89. The molecule has 1 amide bonds. The molecule has 0 aliphatic carbocycles. The van der Waals surface area contributed by atoms with Crippen molar-refractivity contribution in [1.29, 1.82) is 0 Å². The van der Waals surface area contributed by atoms with Crippen molar-refractivity contribution >= 4 is 6.09 Å². The first-order chi connectivity index (χ1) is 10.2. The average molecular weight is 307 g/mol. The third kappa shape index (κ3) is 7.46. The minimum atomic E-state index is -0.604. The first-order valence-corrected chi connectivity index (χ1v) is 7.89. The molecule has 0 heterocycles. The van der Waals surface area contributed by atoms with Crippen LogP contribution in [0.25, 0.3) is 0 Å². The quantitative estimate of drug-likeness (QED) is 0.845. The number of hydrogen-bond donors (Lipinski definition) is 2. The van der Waals surface area contributed by atoms with E-state index in [0.29, 0.717) is 18.8 Å². The minimum Gasteiger partial charge on any atom is -0.444 e. The van der Waals surface area contributed by atoms with E-state index < -0.39 is 17.8 Å². The lowest BCUT2D eigenvalue weighted by Crippen LogP contribution is -2.47. The van der Waals surface area contributed by atoms with Gasteiger partial charge in [-0.1, -0.05) is 44.2 Å². The minimum absolute atomic E-state index is 0.355. The lowest BCUT2D eigenvalue weighted by molar-refractivity contribution is 0.0398. The van der Waals surface area contributed by atoms with E-state index in [0.717, 1.165) is 5.56 Å². The van der Waals surface area contributed by atoms with Crippen molar-refractivity contribution in [3.05, 3.63) is 35.9 Å². The summed E-state index contributed by atoms with van der Waals surface area (Å²) in [6.45, 7) is 9.57. The van der Waals surface area contributed by atoms with Crippen molar-refractivity contribution in [3.8, 4) is 0 Å². The van der Waals surface area contributed by atoms with Gasteiger partial charge in [-0.05, 0) is 45.1 Å². The molecule has 0 saturated carbocycles. The van der Waals surface area contributed by atoms with E-state index in [1.54, 1.807) is 0 Å². The molecule has 2 N–H and O–H groups in total. The Labute approximate surface area is 133 Å². The number of aliphatic hydroxyl groups excluding tert-OH is 1. The molecular formula is C18H29NO3. The Hall–Kier alpha value is -1.55. The Morgan fingerprint density at radius 1 is 1.23 bits per heavy atom. The van der Waals surface area contributed by atoms with Crippen molar-refractivity contribution < 1.29 is 14.6 Å². The van der Waals surface area contributed by atoms with Crippen molar-refractivity contribution in [2.75, 3.05) is 0 Å². The molecule has 1 aromatic rings. The molecule has 1 aromatic carbocycles. The number of aliphatic hydroxyl groups is 1. The molecule has 0 saturated heterocycles. The lowest BCUT2D eigenvalue weighted by atomic mass is 9.95. The van der Waals surface area contributed by atoms with Gasteiger partial charge in [0.2, 0.25) is 0 Å². The molecule has 0 fully saturated rings. The summed E-state index contributed by atoms with van der Waals surface area (Å²) >= 11 is 0. The van der Waals surface area contributed by atoms with Crippen LogP contribution < -0.4 is 5.32 Å². The summed E-state index contributed by atoms with van der Waals surface area (Å²) in [5.74, 6) is 0.355. The van der Waals surface area contributed by atoms with Gasteiger partial charge in [0.1, 0.15) is 5.60 Å². The van der Waals surface area contributed by atoms with E-state index in [4.69, 9.17) is 4.74 Å².